The summed E-state index contributed by atoms with van der Waals surface area (Å²) in [7, 11) is 0. The first kappa shape index (κ1) is 44.5. The standard InChI is InChI=1S/C42H70O14/c1-19(2)15-25(53-37-34(51)32(49)30(47)26(17-43)54-37)29(46)20(3)21-11-12-42(8)36-24(45)16-23-22(40(36,6)13-14-41(21,42)7)9-10-28(39(23,4)5)56-38-35(52)33(50)31(48)27(18-44)55-38/h15-16,20-22,24-38,43-52H,9-14,17-18H2,1-8H3. The van der Waals surface area contributed by atoms with Gasteiger partial charge in [0.1, 0.15) is 54.9 Å². The zero-order valence-corrected chi connectivity index (χ0v) is 34.3. The van der Waals surface area contributed by atoms with E-state index in [1.165, 1.54) is 0 Å². The van der Waals surface area contributed by atoms with E-state index >= 15 is 0 Å². The highest BCUT2D eigenvalue weighted by Crippen LogP contribution is 2.75. The van der Waals surface area contributed by atoms with E-state index in [1.807, 2.05) is 26.8 Å². The second-order valence-corrected chi connectivity index (χ2v) is 19.6. The van der Waals surface area contributed by atoms with Gasteiger partial charge in [0.05, 0.1) is 31.5 Å². The van der Waals surface area contributed by atoms with Gasteiger partial charge in [-0.05, 0) is 86.4 Å². The fourth-order valence-corrected chi connectivity index (χ4v) is 12.6. The Morgan fingerprint density at radius 3 is 1.91 bits per heavy atom. The van der Waals surface area contributed by atoms with Crippen molar-refractivity contribution < 1.29 is 70.0 Å². The number of allylic oxidation sites excluding steroid dienone is 1. The van der Waals surface area contributed by atoms with E-state index in [9.17, 15) is 51.1 Å². The zero-order valence-electron chi connectivity index (χ0n) is 34.3. The fourth-order valence-electron chi connectivity index (χ4n) is 12.6. The molecule has 21 atom stereocenters. The molecule has 6 rings (SSSR count). The molecule has 3 saturated carbocycles. The average molecular weight is 799 g/mol. The highest BCUT2D eigenvalue weighted by molar-refractivity contribution is 5.33. The SMILES string of the molecule is CC(C)=CC(OC1OC(CO)C(O)C(O)C1O)C(O)C(C)C1CCC2(C)C3C(O)C=C4C(CCC(OC5OC(CO)C(O)C(O)C5O)C4(C)C)C3(C)CCC12C. The van der Waals surface area contributed by atoms with Crippen LogP contribution in [0.5, 0.6) is 0 Å². The van der Waals surface area contributed by atoms with E-state index in [1.54, 1.807) is 6.08 Å². The van der Waals surface area contributed by atoms with Crippen molar-refractivity contribution in [2.75, 3.05) is 13.2 Å². The first-order chi connectivity index (χ1) is 26.1. The molecule has 0 amide bonds. The largest absolute Gasteiger partial charge is 0.394 e. The van der Waals surface area contributed by atoms with E-state index in [0.29, 0.717) is 6.42 Å². The maximum absolute atomic E-state index is 12.3. The normalized spacial score (nSPS) is 50.5. The summed E-state index contributed by atoms with van der Waals surface area (Å²) in [4.78, 5) is 0. The van der Waals surface area contributed by atoms with Crippen LogP contribution < -0.4 is 0 Å². The molecular formula is C42H70O14. The fraction of sp³-hybridized carbons (Fsp3) is 0.905. The predicted molar refractivity (Wildman–Crippen MR) is 202 cm³/mol. The lowest BCUT2D eigenvalue weighted by molar-refractivity contribution is -0.320. The summed E-state index contributed by atoms with van der Waals surface area (Å²) >= 11 is 0. The number of rotatable bonds is 10. The highest BCUT2D eigenvalue weighted by atomic mass is 16.7. The van der Waals surface area contributed by atoms with Crippen molar-refractivity contribution in [1.29, 1.82) is 0 Å². The van der Waals surface area contributed by atoms with Crippen molar-refractivity contribution >= 4 is 0 Å². The lowest BCUT2D eigenvalue weighted by atomic mass is 9.38. The summed E-state index contributed by atoms with van der Waals surface area (Å²) in [5.41, 5.74) is 0.586. The summed E-state index contributed by atoms with van der Waals surface area (Å²) in [6.45, 7) is 15.7. The van der Waals surface area contributed by atoms with Crippen LogP contribution in [0.3, 0.4) is 0 Å². The Balaban J connectivity index is 1.23. The maximum atomic E-state index is 12.3. The third-order valence-electron chi connectivity index (χ3n) is 16.1. The molecule has 0 spiro atoms. The molecule has 0 radical (unpaired) electrons. The Bertz CT molecular complexity index is 1450. The second kappa shape index (κ2) is 16.1. The molecule has 2 heterocycles. The minimum atomic E-state index is -1.61. The van der Waals surface area contributed by atoms with Crippen LogP contribution in [0.2, 0.25) is 0 Å². The Morgan fingerprint density at radius 2 is 1.34 bits per heavy atom. The first-order valence-corrected chi connectivity index (χ1v) is 20.7. The third kappa shape index (κ3) is 7.08. The number of aliphatic hydroxyl groups is 10. The Hall–Kier alpha value is -1.08. The average Bonchev–Trinajstić information content (AvgIpc) is 3.42. The molecule has 322 valence electrons. The van der Waals surface area contributed by atoms with Crippen LogP contribution in [0.4, 0.5) is 0 Å². The predicted octanol–water partition coefficient (Wildman–Crippen LogP) is 0.896. The number of hydrogen-bond donors (Lipinski definition) is 10. The maximum Gasteiger partial charge on any atom is 0.187 e. The molecule has 0 aromatic heterocycles. The van der Waals surface area contributed by atoms with E-state index in [2.05, 4.69) is 34.6 Å². The number of ether oxygens (including phenoxy) is 4. The molecule has 14 nitrogen and oxygen atoms in total. The molecule has 10 N–H and O–H groups in total. The van der Waals surface area contributed by atoms with Gasteiger partial charge in [-0.3, -0.25) is 0 Å². The van der Waals surface area contributed by atoms with Crippen LogP contribution in [0, 0.1) is 45.3 Å². The van der Waals surface area contributed by atoms with Gasteiger partial charge in [0.15, 0.2) is 12.6 Å². The molecule has 2 aliphatic heterocycles. The van der Waals surface area contributed by atoms with Gasteiger partial charge in [0.2, 0.25) is 0 Å². The molecule has 5 fully saturated rings. The Labute approximate surface area is 331 Å². The molecule has 2 saturated heterocycles. The summed E-state index contributed by atoms with van der Waals surface area (Å²) in [6.07, 6.45) is -8.61. The highest BCUT2D eigenvalue weighted by Gasteiger charge is 2.70. The van der Waals surface area contributed by atoms with E-state index in [0.717, 1.165) is 43.3 Å². The van der Waals surface area contributed by atoms with Gasteiger partial charge in [-0.15, -0.1) is 0 Å². The van der Waals surface area contributed by atoms with Crippen molar-refractivity contribution in [2.45, 2.75) is 180 Å². The van der Waals surface area contributed by atoms with Crippen molar-refractivity contribution in [1.82, 2.24) is 0 Å². The van der Waals surface area contributed by atoms with Crippen LogP contribution in [0.1, 0.15) is 93.9 Å². The molecule has 0 aromatic carbocycles. The van der Waals surface area contributed by atoms with Crippen molar-refractivity contribution in [3.63, 3.8) is 0 Å². The van der Waals surface area contributed by atoms with Gasteiger partial charge in [-0.25, -0.2) is 0 Å². The Morgan fingerprint density at radius 1 is 0.768 bits per heavy atom. The number of fused-ring (bicyclic) bond motifs is 5. The monoisotopic (exact) mass is 798 g/mol. The number of aliphatic hydroxyl groups excluding tert-OH is 10. The van der Waals surface area contributed by atoms with Crippen molar-refractivity contribution in [3.8, 4) is 0 Å². The van der Waals surface area contributed by atoms with Gasteiger partial charge < -0.3 is 70.0 Å². The first-order valence-electron chi connectivity index (χ1n) is 20.7. The minimum Gasteiger partial charge on any atom is -0.394 e. The van der Waals surface area contributed by atoms with Crippen LogP contribution >= 0.6 is 0 Å². The molecule has 21 unspecified atom stereocenters. The van der Waals surface area contributed by atoms with Crippen LogP contribution in [0.25, 0.3) is 0 Å². The smallest absolute Gasteiger partial charge is 0.187 e. The van der Waals surface area contributed by atoms with Gasteiger partial charge in [-0.1, -0.05) is 64.8 Å². The van der Waals surface area contributed by atoms with Crippen molar-refractivity contribution in [3.05, 3.63) is 23.3 Å². The molecule has 14 heteroatoms. The lowest BCUT2D eigenvalue weighted by Crippen LogP contribution is -2.64. The number of hydrogen-bond acceptors (Lipinski definition) is 14. The molecule has 0 aromatic rings. The molecular weight excluding hydrogens is 728 g/mol. The zero-order chi connectivity index (χ0) is 41.4. The minimum absolute atomic E-state index is 0.0511. The molecule has 6 aliphatic rings. The molecule has 4 aliphatic carbocycles. The van der Waals surface area contributed by atoms with E-state index in [4.69, 9.17) is 18.9 Å². The molecule has 0 bridgehead atoms. The summed E-state index contributed by atoms with van der Waals surface area (Å²) < 4.78 is 24.0. The van der Waals surface area contributed by atoms with Gasteiger partial charge in [-0.2, -0.15) is 0 Å². The van der Waals surface area contributed by atoms with E-state index in [-0.39, 0.29) is 39.9 Å². The lowest BCUT2D eigenvalue weighted by Gasteiger charge is -2.67. The third-order valence-corrected chi connectivity index (χ3v) is 16.1. The summed E-state index contributed by atoms with van der Waals surface area (Å²) in [6, 6.07) is 0. The van der Waals surface area contributed by atoms with Gasteiger partial charge in [0, 0.05) is 11.3 Å². The second-order valence-electron chi connectivity index (χ2n) is 19.6. The summed E-state index contributed by atoms with van der Waals surface area (Å²) in [5.74, 6) is -0.153. The van der Waals surface area contributed by atoms with Crippen LogP contribution in [-0.2, 0) is 18.9 Å². The van der Waals surface area contributed by atoms with Gasteiger partial charge in [0.25, 0.3) is 0 Å². The van der Waals surface area contributed by atoms with Crippen LogP contribution in [0.15, 0.2) is 23.3 Å². The van der Waals surface area contributed by atoms with Gasteiger partial charge >= 0.3 is 0 Å². The molecule has 56 heavy (non-hydrogen) atoms. The Kier molecular flexibility index (Phi) is 12.8. The topological polar surface area (TPSA) is 239 Å². The van der Waals surface area contributed by atoms with Crippen LogP contribution in [-0.4, -0.2) is 150 Å². The summed E-state index contributed by atoms with van der Waals surface area (Å²) in [5, 5.41) is 107. The van der Waals surface area contributed by atoms with Crippen molar-refractivity contribution in [2.24, 2.45) is 45.3 Å². The van der Waals surface area contributed by atoms with E-state index < -0.39 is 104 Å². The quantitative estimate of drug-likeness (QED) is 0.138.